The third kappa shape index (κ3) is 5.18. The number of thiocarbonyl (C=S) groups is 1. The number of halogens is 2. The minimum atomic E-state index is -0.0626. The minimum absolute atomic E-state index is 0.0626. The van der Waals surface area contributed by atoms with Crippen LogP contribution in [-0.4, -0.2) is 15.9 Å². The van der Waals surface area contributed by atoms with Crippen molar-refractivity contribution in [2.45, 2.75) is 0 Å². The lowest BCUT2D eigenvalue weighted by Gasteiger charge is -2.10. The number of hydrogen-bond donors (Lipinski definition) is 2. The smallest absolute Gasteiger partial charge is 0.173 e. The van der Waals surface area contributed by atoms with Gasteiger partial charge in [-0.15, -0.1) is 0 Å². The number of thioether (sulfide) groups is 1. The van der Waals surface area contributed by atoms with Gasteiger partial charge in [-0.1, -0.05) is 65.4 Å². The number of ketones is 1. The van der Waals surface area contributed by atoms with Crippen LogP contribution in [0.1, 0.15) is 10.4 Å². The molecular weight excluding hydrogens is 359 g/mol. The van der Waals surface area contributed by atoms with E-state index >= 15 is 0 Å². The maximum Gasteiger partial charge on any atom is 0.173 e. The van der Waals surface area contributed by atoms with Gasteiger partial charge >= 0.3 is 0 Å². The van der Waals surface area contributed by atoms with Crippen LogP contribution < -0.4 is 10.9 Å². The van der Waals surface area contributed by atoms with E-state index in [-0.39, 0.29) is 11.5 Å². The highest BCUT2D eigenvalue weighted by Gasteiger charge is 2.10. The van der Waals surface area contributed by atoms with Gasteiger partial charge < -0.3 is 0 Å². The van der Waals surface area contributed by atoms with Crippen LogP contribution in [0.5, 0.6) is 0 Å². The molecule has 0 saturated carbocycles. The zero-order chi connectivity index (χ0) is 15.9. The van der Waals surface area contributed by atoms with Crippen molar-refractivity contribution in [2.75, 3.05) is 11.2 Å². The van der Waals surface area contributed by atoms with E-state index < -0.39 is 0 Å². The second-order valence-electron chi connectivity index (χ2n) is 4.24. The van der Waals surface area contributed by atoms with Crippen molar-refractivity contribution < 1.29 is 4.79 Å². The Bertz CT molecular complexity index is 680. The minimum Gasteiger partial charge on any atom is -0.300 e. The summed E-state index contributed by atoms with van der Waals surface area (Å²) in [6, 6.07) is 14.4. The maximum atomic E-state index is 12.1. The number of rotatable bonds is 5. The Kier molecular flexibility index (Phi) is 6.51. The molecule has 7 heteroatoms. The average molecular weight is 371 g/mol. The summed E-state index contributed by atoms with van der Waals surface area (Å²) in [6.45, 7) is 0. The van der Waals surface area contributed by atoms with Crippen LogP contribution in [0.2, 0.25) is 10.0 Å². The molecule has 22 heavy (non-hydrogen) atoms. The molecule has 0 aliphatic rings. The lowest BCUT2D eigenvalue weighted by molar-refractivity contribution is 0.102. The lowest BCUT2D eigenvalue weighted by atomic mass is 10.1. The normalized spacial score (nSPS) is 10.1. The molecule has 0 aromatic heterocycles. The predicted octanol–water partition coefficient (Wildman–Crippen LogP) is 4.81. The summed E-state index contributed by atoms with van der Waals surface area (Å²) in [4.78, 5) is 12.1. The number of anilines is 1. The van der Waals surface area contributed by atoms with Crippen LogP contribution >= 0.6 is 47.2 Å². The number of carbonyl (C=O) groups excluding carboxylic acids is 1. The molecular formula is C15H12Cl2N2OS2. The Morgan fingerprint density at radius 1 is 1.09 bits per heavy atom. The summed E-state index contributed by atoms with van der Waals surface area (Å²) < 4.78 is 0.484. The van der Waals surface area contributed by atoms with Crippen molar-refractivity contribution >= 4 is 63.0 Å². The summed E-state index contributed by atoms with van der Waals surface area (Å²) in [6.07, 6.45) is 0. The van der Waals surface area contributed by atoms with E-state index in [1.807, 2.05) is 30.3 Å². The SMILES string of the molecule is O=C(CSC(=S)NNc1ccccc1)c1ccc(Cl)c(Cl)c1. The van der Waals surface area contributed by atoms with Gasteiger partial charge in [0.2, 0.25) is 0 Å². The number of hydrogen-bond acceptors (Lipinski definition) is 4. The molecule has 0 heterocycles. The van der Waals surface area contributed by atoms with Crippen molar-refractivity contribution in [2.24, 2.45) is 0 Å². The zero-order valence-electron chi connectivity index (χ0n) is 11.3. The van der Waals surface area contributed by atoms with E-state index in [1.165, 1.54) is 11.8 Å². The zero-order valence-corrected chi connectivity index (χ0v) is 14.5. The molecule has 0 spiro atoms. The number of nitrogens with one attached hydrogen (secondary N) is 2. The van der Waals surface area contributed by atoms with Gasteiger partial charge in [0.15, 0.2) is 10.1 Å². The molecule has 0 radical (unpaired) electrons. The van der Waals surface area contributed by atoms with E-state index in [9.17, 15) is 4.79 Å². The van der Waals surface area contributed by atoms with Crippen LogP contribution in [0.25, 0.3) is 0 Å². The topological polar surface area (TPSA) is 41.1 Å². The van der Waals surface area contributed by atoms with Gasteiger partial charge in [0, 0.05) is 5.56 Å². The molecule has 0 atom stereocenters. The molecule has 0 amide bonds. The highest BCUT2D eigenvalue weighted by molar-refractivity contribution is 8.23. The first kappa shape index (κ1) is 17.1. The van der Waals surface area contributed by atoms with Gasteiger partial charge in [0.25, 0.3) is 0 Å². The number of benzene rings is 2. The van der Waals surface area contributed by atoms with Crippen LogP contribution in [-0.2, 0) is 0 Å². The molecule has 0 aliphatic carbocycles. The van der Waals surface area contributed by atoms with Gasteiger partial charge in [-0.25, -0.2) is 0 Å². The highest BCUT2D eigenvalue weighted by atomic mass is 35.5. The van der Waals surface area contributed by atoms with E-state index in [0.717, 1.165) is 5.69 Å². The standard InChI is InChI=1S/C15H12Cl2N2OS2/c16-12-7-6-10(8-13(12)17)14(20)9-22-15(21)19-18-11-4-2-1-3-5-11/h1-8,18H,9H2,(H,19,21). The number of carbonyl (C=O) groups is 1. The van der Waals surface area contributed by atoms with E-state index in [0.29, 0.717) is 19.9 Å². The van der Waals surface area contributed by atoms with Crippen molar-refractivity contribution in [3.05, 3.63) is 64.1 Å². The Balaban J connectivity index is 1.80. The van der Waals surface area contributed by atoms with Crippen LogP contribution in [0, 0.1) is 0 Å². The van der Waals surface area contributed by atoms with Crippen molar-refractivity contribution in [3.8, 4) is 0 Å². The molecule has 0 saturated heterocycles. The molecule has 2 aromatic carbocycles. The van der Waals surface area contributed by atoms with Crippen molar-refractivity contribution in [1.29, 1.82) is 0 Å². The van der Waals surface area contributed by atoms with E-state index in [2.05, 4.69) is 10.9 Å². The first-order valence-electron chi connectivity index (χ1n) is 6.28. The quantitative estimate of drug-likeness (QED) is 0.448. The lowest BCUT2D eigenvalue weighted by Crippen LogP contribution is -2.26. The number of para-hydroxylation sites is 1. The van der Waals surface area contributed by atoms with Gasteiger partial charge in [-0.05, 0) is 30.3 Å². The molecule has 0 unspecified atom stereocenters. The summed E-state index contributed by atoms with van der Waals surface area (Å²) >= 11 is 18.1. The monoisotopic (exact) mass is 370 g/mol. The molecule has 2 aromatic rings. The Morgan fingerprint density at radius 2 is 1.82 bits per heavy atom. The third-order valence-electron chi connectivity index (χ3n) is 2.66. The summed E-state index contributed by atoms with van der Waals surface area (Å²) in [5.41, 5.74) is 7.24. The Hall–Kier alpha value is -1.27. The Labute approximate surface area is 148 Å². The van der Waals surface area contributed by atoms with Crippen LogP contribution in [0.4, 0.5) is 5.69 Å². The van der Waals surface area contributed by atoms with Gasteiger partial charge in [0.05, 0.1) is 21.5 Å². The first-order chi connectivity index (χ1) is 10.6. The van der Waals surface area contributed by atoms with Gasteiger partial charge in [-0.3, -0.25) is 15.6 Å². The summed E-state index contributed by atoms with van der Waals surface area (Å²) in [7, 11) is 0. The fraction of sp³-hybridized carbons (Fsp3) is 0.0667. The second-order valence-corrected chi connectivity index (χ2v) is 6.71. The highest BCUT2D eigenvalue weighted by Crippen LogP contribution is 2.23. The molecule has 0 fully saturated rings. The molecule has 0 aliphatic heterocycles. The van der Waals surface area contributed by atoms with E-state index in [1.54, 1.807) is 18.2 Å². The molecule has 0 bridgehead atoms. The van der Waals surface area contributed by atoms with Crippen molar-refractivity contribution in [3.63, 3.8) is 0 Å². The largest absolute Gasteiger partial charge is 0.300 e. The maximum absolute atomic E-state index is 12.1. The van der Waals surface area contributed by atoms with E-state index in [4.69, 9.17) is 35.4 Å². The predicted molar refractivity (Wildman–Crippen MR) is 99.0 cm³/mol. The molecule has 2 N–H and O–H groups in total. The third-order valence-corrected chi connectivity index (χ3v) is 4.62. The van der Waals surface area contributed by atoms with Crippen molar-refractivity contribution in [1.82, 2.24) is 5.43 Å². The first-order valence-corrected chi connectivity index (χ1v) is 8.43. The molecule has 114 valence electrons. The fourth-order valence-electron chi connectivity index (χ4n) is 1.56. The Morgan fingerprint density at radius 3 is 2.50 bits per heavy atom. The second kappa shape index (κ2) is 8.39. The van der Waals surface area contributed by atoms with Gasteiger partial charge in [0.1, 0.15) is 0 Å². The molecule has 2 rings (SSSR count). The average Bonchev–Trinajstić information content (AvgIpc) is 2.54. The van der Waals surface area contributed by atoms with Crippen LogP contribution in [0.15, 0.2) is 48.5 Å². The van der Waals surface area contributed by atoms with Gasteiger partial charge in [-0.2, -0.15) is 0 Å². The molecule has 3 nitrogen and oxygen atoms in total. The number of Topliss-reactive ketones (excluding diaryl/α,β-unsaturated/α-hetero) is 1. The van der Waals surface area contributed by atoms with Crippen LogP contribution in [0.3, 0.4) is 0 Å². The summed E-state index contributed by atoms with van der Waals surface area (Å²) in [5, 5.41) is 0.791. The fourth-order valence-corrected chi connectivity index (χ4v) is 2.64. The summed E-state index contributed by atoms with van der Waals surface area (Å²) in [5.74, 6) is 0.160. The number of hydrazine groups is 1.